The highest BCUT2D eigenvalue weighted by Gasteiger charge is 2.24. The van der Waals surface area contributed by atoms with Crippen molar-refractivity contribution >= 4 is 46.4 Å². The third kappa shape index (κ3) is 18.8. The van der Waals surface area contributed by atoms with E-state index in [1.807, 2.05) is 34.6 Å². The second kappa shape index (κ2) is 37.3. The van der Waals surface area contributed by atoms with Crippen molar-refractivity contribution in [3.05, 3.63) is 231 Å². The van der Waals surface area contributed by atoms with Gasteiger partial charge in [-0.15, -0.1) is 46.4 Å². The summed E-state index contributed by atoms with van der Waals surface area (Å²) in [7, 11) is 13.9. The SMILES string of the molecule is CC.CC.CCc1cc(C)cc(Cc2cc(C)cc(Cc3cc(C)cc(Cc4cc(C)cc(C)c4OC)c3OC)c2OC)c1OC.CCc1cc(CCl)cc(Cc2cc(CCl)cc(Cc3cc(CCl)cc(Cc4cc(CCl)cc(C)c4OC)c3OC)c2OC)c1OC. The van der Waals surface area contributed by atoms with Crippen LogP contribution in [0.2, 0.25) is 0 Å². The summed E-state index contributed by atoms with van der Waals surface area (Å²) in [5, 5.41) is 0. The number of halogens is 4. The predicted molar refractivity (Wildman–Crippen MR) is 389 cm³/mol. The molecule has 0 aliphatic rings. The zero-order valence-corrected chi connectivity index (χ0v) is 61.5. The number of benzene rings is 8. The molecule has 0 aliphatic carbocycles. The third-order valence-corrected chi connectivity index (χ3v) is 17.5. The topological polar surface area (TPSA) is 73.8 Å². The van der Waals surface area contributed by atoms with Crippen molar-refractivity contribution in [2.45, 2.75) is 158 Å². The van der Waals surface area contributed by atoms with Gasteiger partial charge < -0.3 is 37.9 Å². The minimum Gasteiger partial charge on any atom is -0.496 e. The van der Waals surface area contributed by atoms with Crippen molar-refractivity contribution < 1.29 is 37.9 Å². The summed E-state index contributed by atoms with van der Waals surface area (Å²) in [6, 6.07) is 34.6. The zero-order valence-electron chi connectivity index (χ0n) is 58.5. The Hall–Kier alpha value is -6.68. The molecule has 92 heavy (non-hydrogen) atoms. The molecular formula is C80H100Cl4O8. The average Bonchev–Trinajstić information content (AvgIpc) is 0.905. The molecule has 0 spiro atoms. The van der Waals surface area contributed by atoms with E-state index in [4.69, 9.17) is 84.3 Å². The van der Waals surface area contributed by atoms with Crippen LogP contribution in [-0.4, -0.2) is 56.9 Å². The van der Waals surface area contributed by atoms with Crippen molar-refractivity contribution in [2.75, 3.05) is 56.9 Å². The summed E-state index contributed by atoms with van der Waals surface area (Å²) in [4.78, 5) is 0. The fourth-order valence-electron chi connectivity index (χ4n) is 13.0. The van der Waals surface area contributed by atoms with Crippen molar-refractivity contribution in [2.24, 2.45) is 0 Å². The fourth-order valence-corrected chi connectivity index (χ4v) is 13.7. The van der Waals surface area contributed by atoms with Gasteiger partial charge in [-0.2, -0.15) is 0 Å². The molecule has 0 bridgehead atoms. The van der Waals surface area contributed by atoms with Gasteiger partial charge in [-0.05, 0) is 166 Å². The number of methoxy groups -OCH3 is 8. The molecule has 0 unspecified atom stereocenters. The minimum absolute atomic E-state index is 0.364. The van der Waals surface area contributed by atoms with E-state index >= 15 is 0 Å². The number of aryl methyl sites for hydroxylation is 8. The monoisotopic (exact) mass is 1330 g/mol. The van der Waals surface area contributed by atoms with E-state index in [0.29, 0.717) is 49.2 Å². The van der Waals surface area contributed by atoms with Gasteiger partial charge >= 0.3 is 0 Å². The van der Waals surface area contributed by atoms with Crippen LogP contribution in [0.1, 0.15) is 175 Å². The van der Waals surface area contributed by atoms with Gasteiger partial charge in [0.15, 0.2) is 0 Å². The predicted octanol–water partition coefficient (Wildman–Crippen LogP) is 21.0. The lowest BCUT2D eigenvalue weighted by Gasteiger charge is -2.21. The Bertz CT molecular complexity index is 3740. The van der Waals surface area contributed by atoms with Crippen LogP contribution in [0.4, 0.5) is 0 Å². The first-order valence-electron chi connectivity index (χ1n) is 32.0. The van der Waals surface area contributed by atoms with E-state index in [9.17, 15) is 0 Å². The van der Waals surface area contributed by atoms with Gasteiger partial charge in [0.25, 0.3) is 0 Å². The highest BCUT2D eigenvalue weighted by Crippen LogP contribution is 2.41. The molecule has 0 aliphatic heterocycles. The molecule has 0 fully saturated rings. The van der Waals surface area contributed by atoms with Crippen LogP contribution in [-0.2, 0) is 74.9 Å². The molecule has 0 saturated carbocycles. The van der Waals surface area contributed by atoms with Crippen LogP contribution < -0.4 is 37.9 Å². The molecule has 8 nitrogen and oxygen atoms in total. The van der Waals surface area contributed by atoms with Gasteiger partial charge in [0.1, 0.15) is 46.0 Å². The summed E-state index contributed by atoms with van der Waals surface area (Å²) < 4.78 is 47.9. The lowest BCUT2D eigenvalue weighted by molar-refractivity contribution is 0.397. The molecule has 0 atom stereocenters. The maximum Gasteiger partial charge on any atom is 0.125 e. The van der Waals surface area contributed by atoms with Crippen LogP contribution in [0.5, 0.6) is 46.0 Å². The Labute approximate surface area is 572 Å². The smallest absolute Gasteiger partial charge is 0.125 e. The van der Waals surface area contributed by atoms with E-state index in [2.05, 4.69) is 146 Å². The summed E-state index contributed by atoms with van der Waals surface area (Å²) in [5.41, 5.74) is 26.6. The van der Waals surface area contributed by atoms with Crippen LogP contribution in [0.15, 0.2) is 97.1 Å². The quantitative estimate of drug-likeness (QED) is 0.0497. The van der Waals surface area contributed by atoms with Gasteiger partial charge in [-0.3, -0.25) is 0 Å². The first-order valence-corrected chi connectivity index (χ1v) is 34.1. The molecule has 0 saturated heterocycles. The highest BCUT2D eigenvalue weighted by atomic mass is 35.5. The first-order chi connectivity index (χ1) is 44.4. The molecule has 0 heterocycles. The molecule has 8 aromatic carbocycles. The van der Waals surface area contributed by atoms with E-state index < -0.39 is 0 Å². The molecule has 0 aromatic heterocycles. The van der Waals surface area contributed by atoms with E-state index in [0.717, 1.165) is 166 Å². The molecule has 496 valence electrons. The lowest BCUT2D eigenvalue weighted by Crippen LogP contribution is -2.06. The number of alkyl halides is 4. The molecule has 12 heteroatoms. The lowest BCUT2D eigenvalue weighted by atomic mass is 9.91. The van der Waals surface area contributed by atoms with E-state index in [1.54, 1.807) is 56.9 Å². The number of hydrogen-bond acceptors (Lipinski definition) is 8. The van der Waals surface area contributed by atoms with Gasteiger partial charge in [0, 0.05) is 62.0 Å². The van der Waals surface area contributed by atoms with Crippen molar-refractivity contribution in [3.8, 4) is 46.0 Å². The summed E-state index contributed by atoms with van der Waals surface area (Å²) >= 11 is 25.5. The fraction of sp³-hybridized carbons (Fsp3) is 0.400. The molecule has 0 radical (unpaired) electrons. The summed E-state index contributed by atoms with van der Waals surface area (Å²) in [6.45, 7) is 25.0. The average molecular weight is 1330 g/mol. The second-order valence-corrected chi connectivity index (χ2v) is 23.9. The van der Waals surface area contributed by atoms with Crippen molar-refractivity contribution in [1.29, 1.82) is 0 Å². The Morgan fingerprint density at radius 2 is 0.391 bits per heavy atom. The number of hydrogen-bond donors (Lipinski definition) is 0. The molecule has 8 aromatic rings. The molecule has 8 rings (SSSR count). The number of ether oxygens (including phenoxy) is 8. The standard InChI is InChI=1S/C38H42Cl4O4.C38H46O4.2C2H6/c1-7-28-9-25(20-40)11-30(36(28)44-4)17-32-13-27(22-42)15-34(38(32)46-6)18-33-14-26(21-41)12-31(37(33)45-5)16-29-10-24(19-39)8-23(2)35(29)43-3;1-11-28-13-24(3)15-30(36(28)40-8)21-32-17-26(5)19-34(38(32)42-10)22-33-18-25(4)16-31(37(33)41-9)20-29-14-23(2)12-27(6)35(29)39-7;2*1-2/h8-15H,7,16-22H2,1-6H3;12-19H,11,20-22H2,1-10H3;2*1-2H3. The zero-order chi connectivity index (χ0) is 67.9. The Morgan fingerprint density at radius 3 is 0.630 bits per heavy atom. The van der Waals surface area contributed by atoms with Gasteiger partial charge in [0.2, 0.25) is 0 Å². The maximum absolute atomic E-state index is 6.47. The molecular weight excluding hydrogens is 1230 g/mol. The van der Waals surface area contributed by atoms with Crippen LogP contribution in [0.25, 0.3) is 0 Å². The van der Waals surface area contributed by atoms with Crippen molar-refractivity contribution in [1.82, 2.24) is 0 Å². The van der Waals surface area contributed by atoms with Gasteiger partial charge in [-0.1, -0.05) is 161 Å². The Morgan fingerprint density at radius 1 is 0.228 bits per heavy atom. The Kier molecular flexibility index (Phi) is 30.8. The Balaban J connectivity index is 0.000000318. The maximum atomic E-state index is 6.47. The van der Waals surface area contributed by atoms with E-state index in [1.165, 1.54) is 38.9 Å². The summed E-state index contributed by atoms with van der Waals surface area (Å²) in [6.07, 6.45) is 5.68. The molecule has 0 amide bonds. The van der Waals surface area contributed by atoms with Crippen LogP contribution >= 0.6 is 46.4 Å². The van der Waals surface area contributed by atoms with Gasteiger partial charge in [-0.25, -0.2) is 0 Å². The van der Waals surface area contributed by atoms with Crippen LogP contribution in [0.3, 0.4) is 0 Å². The first kappa shape index (κ1) is 76.0. The number of rotatable bonds is 26. The van der Waals surface area contributed by atoms with Crippen molar-refractivity contribution in [3.63, 3.8) is 0 Å². The summed E-state index contributed by atoms with van der Waals surface area (Å²) in [5.74, 6) is 8.64. The minimum atomic E-state index is 0.364. The van der Waals surface area contributed by atoms with Crippen LogP contribution in [0, 0.1) is 41.5 Å². The second-order valence-electron chi connectivity index (χ2n) is 22.9. The molecule has 0 N–H and O–H groups in total. The largest absolute Gasteiger partial charge is 0.496 e. The third-order valence-electron chi connectivity index (χ3n) is 16.3. The van der Waals surface area contributed by atoms with E-state index in [-0.39, 0.29) is 0 Å². The van der Waals surface area contributed by atoms with Gasteiger partial charge in [0.05, 0.1) is 56.9 Å². The normalized spacial score (nSPS) is 10.7. The highest BCUT2D eigenvalue weighted by molar-refractivity contribution is 6.17.